The van der Waals surface area contributed by atoms with Crippen LogP contribution in [0.3, 0.4) is 0 Å². The summed E-state index contributed by atoms with van der Waals surface area (Å²) in [6.45, 7) is 1.62. The van der Waals surface area contributed by atoms with Crippen molar-refractivity contribution in [2.75, 3.05) is 13.2 Å². The third-order valence-corrected chi connectivity index (χ3v) is 3.59. The van der Waals surface area contributed by atoms with Gasteiger partial charge in [-0.1, -0.05) is 23.2 Å². The zero-order valence-corrected chi connectivity index (χ0v) is 8.98. The molecule has 2 fully saturated rings. The third-order valence-electron chi connectivity index (χ3n) is 3.18. The van der Waals surface area contributed by atoms with E-state index in [0.29, 0.717) is 16.1 Å². The molecule has 1 aliphatic carbocycles. The molecule has 0 bridgehead atoms. The van der Waals surface area contributed by atoms with Gasteiger partial charge in [0.1, 0.15) is 5.15 Å². The molecule has 1 aromatic heterocycles. The lowest BCUT2D eigenvalue weighted by atomic mass is 10.0. The molecule has 14 heavy (non-hydrogen) atoms. The Bertz CT molecular complexity index is 375. The molecule has 1 aliphatic heterocycles. The van der Waals surface area contributed by atoms with Gasteiger partial charge in [-0.3, -0.25) is 0 Å². The topological polar surface area (TPSA) is 22.1 Å². The summed E-state index contributed by atoms with van der Waals surface area (Å²) in [5, 5.41) is 1.13. The van der Waals surface area contributed by atoms with Crippen LogP contribution in [-0.4, -0.2) is 18.2 Å². The van der Waals surface area contributed by atoms with E-state index >= 15 is 0 Å². The number of ether oxygens (including phenoxy) is 1. The zero-order chi connectivity index (χ0) is 9.76. The SMILES string of the molecule is Clc1cc(Cl)nc(C23COCC2C3)c1. The van der Waals surface area contributed by atoms with Gasteiger partial charge in [-0.15, -0.1) is 0 Å². The summed E-state index contributed by atoms with van der Waals surface area (Å²) in [4.78, 5) is 4.33. The van der Waals surface area contributed by atoms with Gasteiger partial charge in [0.2, 0.25) is 0 Å². The maximum atomic E-state index is 5.94. The molecule has 4 heteroatoms. The number of halogens is 2. The maximum Gasteiger partial charge on any atom is 0.130 e. The fraction of sp³-hybridized carbons (Fsp3) is 0.500. The molecule has 0 N–H and O–H groups in total. The largest absolute Gasteiger partial charge is 0.380 e. The molecule has 3 rings (SSSR count). The van der Waals surface area contributed by atoms with Gasteiger partial charge in [0, 0.05) is 10.4 Å². The minimum Gasteiger partial charge on any atom is -0.380 e. The maximum absolute atomic E-state index is 5.94. The molecule has 2 nitrogen and oxygen atoms in total. The smallest absolute Gasteiger partial charge is 0.130 e. The van der Waals surface area contributed by atoms with E-state index in [4.69, 9.17) is 27.9 Å². The minimum atomic E-state index is 0.133. The van der Waals surface area contributed by atoms with Crippen molar-refractivity contribution in [2.45, 2.75) is 11.8 Å². The molecular formula is C10H9Cl2NO. The van der Waals surface area contributed by atoms with E-state index in [1.165, 1.54) is 0 Å². The molecule has 0 radical (unpaired) electrons. The first-order valence-electron chi connectivity index (χ1n) is 4.62. The fourth-order valence-electron chi connectivity index (χ4n) is 2.27. The molecule has 74 valence electrons. The van der Waals surface area contributed by atoms with Crippen LogP contribution in [0.2, 0.25) is 10.2 Å². The monoisotopic (exact) mass is 229 g/mol. The first-order chi connectivity index (χ1) is 6.71. The molecule has 0 aromatic carbocycles. The van der Waals surface area contributed by atoms with Crippen molar-refractivity contribution in [3.05, 3.63) is 28.0 Å². The second-order valence-corrected chi connectivity index (χ2v) is 4.89. The van der Waals surface area contributed by atoms with Crippen molar-refractivity contribution in [1.29, 1.82) is 0 Å². The number of nitrogens with zero attached hydrogens (tertiary/aromatic N) is 1. The Balaban J connectivity index is 2.04. The average molecular weight is 230 g/mol. The van der Waals surface area contributed by atoms with Gasteiger partial charge < -0.3 is 4.74 Å². The van der Waals surface area contributed by atoms with Crippen molar-refractivity contribution in [2.24, 2.45) is 5.92 Å². The standard InChI is InChI=1S/C10H9Cl2NO/c11-7-1-8(13-9(12)2-7)10-3-6(10)4-14-5-10/h1-2,6H,3-5H2. The predicted molar refractivity (Wildman–Crippen MR) is 54.9 cm³/mol. The fourth-order valence-corrected chi connectivity index (χ4v) is 2.74. The summed E-state index contributed by atoms with van der Waals surface area (Å²) in [6, 6.07) is 3.57. The van der Waals surface area contributed by atoms with Gasteiger partial charge in [0.05, 0.1) is 18.9 Å². The van der Waals surface area contributed by atoms with E-state index in [-0.39, 0.29) is 5.41 Å². The molecule has 2 heterocycles. The third kappa shape index (κ3) is 1.18. The Labute approximate surface area is 92.2 Å². The van der Waals surface area contributed by atoms with Crippen molar-refractivity contribution >= 4 is 23.2 Å². The number of pyridine rings is 1. The number of rotatable bonds is 1. The highest BCUT2D eigenvalue weighted by atomic mass is 35.5. The van der Waals surface area contributed by atoms with Crippen molar-refractivity contribution in [3.63, 3.8) is 0 Å². The summed E-state index contributed by atoms with van der Waals surface area (Å²) in [6.07, 6.45) is 1.16. The van der Waals surface area contributed by atoms with E-state index < -0.39 is 0 Å². The molecule has 1 saturated heterocycles. The summed E-state index contributed by atoms with van der Waals surface area (Å²) in [7, 11) is 0. The number of hydrogen-bond donors (Lipinski definition) is 0. The Kier molecular flexibility index (Phi) is 1.82. The minimum absolute atomic E-state index is 0.133. The van der Waals surface area contributed by atoms with Crippen LogP contribution in [0, 0.1) is 5.92 Å². The molecule has 2 aliphatic rings. The summed E-state index contributed by atoms with van der Waals surface area (Å²) in [5.41, 5.74) is 1.13. The second-order valence-electron chi connectivity index (χ2n) is 4.07. The van der Waals surface area contributed by atoms with Crippen molar-refractivity contribution < 1.29 is 4.74 Å². The average Bonchev–Trinajstić information content (AvgIpc) is 2.69. The van der Waals surface area contributed by atoms with Gasteiger partial charge in [-0.2, -0.15) is 0 Å². The number of fused-ring (bicyclic) bond motifs is 1. The number of aromatic nitrogens is 1. The van der Waals surface area contributed by atoms with Crippen molar-refractivity contribution in [1.82, 2.24) is 4.98 Å². The lowest BCUT2D eigenvalue weighted by Crippen LogP contribution is -2.13. The summed E-state index contributed by atoms with van der Waals surface area (Å²) >= 11 is 11.8. The van der Waals surface area contributed by atoms with E-state index in [1.54, 1.807) is 6.07 Å². The molecule has 2 unspecified atom stereocenters. The van der Waals surface area contributed by atoms with Gasteiger partial charge in [-0.25, -0.2) is 4.98 Å². The highest BCUT2D eigenvalue weighted by molar-refractivity contribution is 6.33. The van der Waals surface area contributed by atoms with E-state index in [0.717, 1.165) is 25.3 Å². The van der Waals surface area contributed by atoms with E-state index in [1.807, 2.05) is 6.07 Å². The van der Waals surface area contributed by atoms with Crippen LogP contribution in [0.25, 0.3) is 0 Å². The Morgan fingerprint density at radius 3 is 2.86 bits per heavy atom. The second kappa shape index (κ2) is 2.84. The summed E-state index contributed by atoms with van der Waals surface area (Å²) < 4.78 is 5.42. The van der Waals surface area contributed by atoms with Crippen LogP contribution in [-0.2, 0) is 10.2 Å². The molecule has 2 atom stereocenters. The van der Waals surface area contributed by atoms with Crippen LogP contribution in [0.15, 0.2) is 12.1 Å². The van der Waals surface area contributed by atoms with Gasteiger partial charge in [0.25, 0.3) is 0 Å². The highest BCUT2D eigenvalue weighted by Crippen LogP contribution is 2.57. The van der Waals surface area contributed by atoms with E-state index in [9.17, 15) is 0 Å². The molecular weight excluding hydrogens is 221 g/mol. The highest BCUT2D eigenvalue weighted by Gasteiger charge is 2.60. The van der Waals surface area contributed by atoms with Crippen LogP contribution >= 0.6 is 23.2 Å². The van der Waals surface area contributed by atoms with Gasteiger partial charge in [-0.05, 0) is 24.5 Å². The van der Waals surface area contributed by atoms with Gasteiger partial charge >= 0.3 is 0 Å². The Morgan fingerprint density at radius 2 is 2.29 bits per heavy atom. The molecule has 1 aromatic rings. The summed E-state index contributed by atoms with van der Waals surface area (Å²) in [5.74, 6) is 0.629. The Hall–Kier alpha value is -0.310. The van der Waals surface area contributed by atoms with Crippen LogP contribution in [0.4, 0.5) is 0 Å². The van der Waals surface area contributed by atoms with E-state index in [2.05, 4.69) is 4.98 Å². The first-order valence-corrected chi connectivity index (χ1v) is 5.38. The van der Waals surface area contributed by atoms with Crippen molar-refractivity contribution in [3.8, 4) is 0 Å². The van der Waals surface area contributed by atoms with Crippen LogP contribution < -0.4 is 0 Å². The van der Waals surface area contributed by atoms with Crippen LogP contribution in [0.5, 0.6) is 0 Å². The van der Waals surface area contributed by atoms with Crippen LogP contribution in [0.1, 0.15) is 12.1 Å². The predicted octanol–water partition coefficient (Wildman–Crippen LogP) is 2.68. The molecule has 0 amide bonds. The number of hydrogen-bond acceptors (Lipinski definition) is 2. The zero-order valence-electron chi connectivity index (χ0n) is 7.46. The molecule has 0 spiro atoms. The molecule has 1 saturated carbocycles. The lowest BCUT2D eigenvalue weighted by molar-refractivity contribution is 0.159. The van der Waals surface area contributed by atoms with Gasteiger partial charge in [0.15, 0.2) is 0 Å². The first kappa shape index (κ1) is 8.96. The quantitative estimate of drug-likeness (QED) is 0.692. The normalized spacial score (nSPS) is 34.3. The lowest BCUT2D eigenvalue weighted by Gasteiger charge is -2.10. The Morgan fingerprint density at radius 1 is 1.43 bits per heavy atom.